The van der Waals surface area contributed by atoms with Gasteiger partial charge in [-0.05, 0) is 11.4 Å². The number of hydrogen-bond acceptors (Lipinski definition) is 4. The predicted octanol–water partition coefficient (Wildman–Crippen LogP) is 1.42. The Morgan fingerprint density at radius 2 is 2.35 bits per heavy atom. The number of carbonyl (C=O) groups is 1. The van der Waals surface area contributed by atoms with Gasteiger partial charge in [0.15, 0.2) is 0 Å². The Morgan fingerprint density at radius 1 is 1.65 bits per heavy atom. The van der Waals surface area contributed by atoms with E-state index in [4.69, 9.17) is 10.8 Å². The number of rotatable bonds is 7. The fourth-order valence-electron chi connectivity index (χ4n) is 1.62. The number of carboxylic acids is 1. The number of hydrogen-bond donors (Lipinski definition) is 3. The van der Waals surface area contributed by atoms with E-state index in [0.717, 1.165) is 6.54 Å². The Hall–Kier alpha value is -0.910. The van der Waals surface area contributed by atoms with Crippen LogP contribution in [0.3, 0.4) is 0 Å². The molecule has 0 bridgehead atoms. The molecule has 0 aromatic carbocycles. The zero-order valence-corrected chi connectivity index (χ0v) is 11.1. The van der Waals surface area contributed by atoms with E-state index in [1.165, 1.54) is 4.88 Å². The van der Waals surface area contributed by atoms with Gasteiger partial charge in [-0.15, -0.1) is 11.3 Å². The van der Waals surface area contributed by atoms with Crippen LogP contribution in [0.25, 0.3) is 0 Å². The van der Waals surface area contributed by atoms with Gasteiger partial charge in [0, 0.05) is 29.4 Å². The zero-order chi connectivity index (χ0) is 12.9. The highest BCUT2D eigenvalue weighted by Gasteiger charge is 2.21. The Labute approximate surface area is 106 Å². The van der Waals surface area contributed by atoms with Gasteiger partial charge in [0.05, 0.1) is 6.42 Å². The lowest BCUT2D eigenvalue weighted by Crippen LogP contribution is -2.40. The molecule has 0 aliphatic heterocycles. The summed E-state index contributed by atoms with van der Waals surface area (Å²) in [6.07, 6.45) is 0.00638. The lowest BCUT2D eigenvalue weighted by molar-refractivity contribution is -0.137. The van der Waals surface area contributed by atoms with Crippen LogP contribution in [0.4, 0.5) is 0 Å². The molecule has 1 atom stereocenters. The molecular formula is C12H20N2O2S. The van der Waals surface area contributed by atoms with Crippen molar-refractivity contribution in [3.63, 3.8) is 0 Å². The van der Waals surface area contributed by atoms with Crippen LogP contribution >= 0.6 is 11.3 Å². The van der Waals surface area contributed by atoms with Crippen LogP contribution in [0.2, 0.25) is 0 Å². The minimum absolute atomic E-state index is 0.00638. The average molecular weight is 256 g/mol. The fourth-order valence-corrected chi connectivity index (χ4v) is 2.47. The molecule has 0 spiro atoms. The first-order valence-electron chi connectivity index (χ1n) is 5.64. The summed E-state index contributed by atoms with van der Waals surface area (Å²) in [5.74, 6) is -0.850. The van der Waals surface area contributed by atoms with E-state index in [9.17, 15) is 4.79 Å². The van der Waals surface area contributed by atoms with E-state index < -0.39 is 5.97 Å². The second-order valence-electron chi connectivity index (χ2n) is 4.85. The Bertz CT molecular complexity index is 349. The highest BCUT2D eigenvalue weighted by Crippen LogP contribution is 2.26. The maximum absolute atomic E-state index is 10.5. The molecule has 1 heterocycles. The minimum atomic E-state index is -0.850. The third kappa shape index (κ3) is 4.85. The predicted molar refractivity (Wildman–Crippen MR) is 70.4 cm³/mol. The minimum Gasteiger partial charge on any atom is -0.481 e. The summed E-state index contributed by atoms with van der Waals surface area (Å²) in [7, 11) is 0. The molecule has 0 fully saturated rings. The highest BCUT2D eigenvalue weighted by atomic mass is 32.1. The van der Waals surface area contributed by atoms with Gasteiger partial charge in [0.2, 0.25) is 0 Å². The molecule has 1 rings (SSSR count). The molecule has 4 N–H and O–H groups in total. The van der Waals surface area contributed by atoms with Crippen LogP contribution in [0, 0.1) is 0 Å². The van der Waals surface area contributed by atoms with Crippen LogP contribution in [0.1, 0.15) is 25.1 Å². The summed E-state index contributed by atoms with van der Waals surface area (Å²) in [6, 6.07) is 3.83. The van der Waals surface area contributed by atoms with Gasteiger partial charge in [-0.2, -0.15) is 0 Å². The molecule has 4 nitrogen and oxygen atoms in total. The lowest BCUT2D eigenvalue weighted by Gasteiger charge is -2.24. The van der Waals surface area contributed by atoms with E-state index in [1.54, 1.807) is 11.3 Å². The largest absolute Gasteiger partial charge is 0.481 e. The summed E-state index contributed by atoms with van der Waals surface area (Å²) in [4.78, 5) is 11.8. The maximum atomic E-state index is 10.5. The fraction of sp³-hybridized carbons (Fsp3) is 0.583. The van der Waals surface area contributed by atoms with E-state index >= 15 is 0 Å². The van der Waals surface area contributed by atoms with Crippen molar-refractivity contribution < 1.29 is 9.90 Å². The summed E-state index contributed by atoms with van der Waals surface area (Å²) < 4.78 is 0. The van der Waals surface area contributed by atoms with Gasteiger partial charge in [0.25, 0.3) is 0 Å². The van der Waals surface area contributed by atoms with Gasteiger partial charge in [-0.3, -0.25) is 4.79 Å². The normalized spacial score (nSPS) is 13.6. The van der Waals surface area contributed by atoms with Crippen molar-refractivity contribution in [1.82, 2.24) is 5.32 Å². The summed E-state index contributed by atoms with van der Waals surface area (Å²) >= 11 is 1.73. The molecule has 17 heavy (non-hydrogen) atoms. The monoisotopic (exact) mass is 256 g/mol. The molecule has 5 heteroatoms. The third-order valence-electron chi connectivity index (χ3n) is 2.60. The van der Waals surface area contributed by atoms with Crippen molar-refractivity contribution in [2.45, 2.75) is 31.7 Å². The van der Waals surface area contributed by atoms with Gasteiger partial charge < -0.3 is 16.2 Å². The summed E-state index contributed by atoms with van der Waals surface area (Å²) in [5, 5.41) is 13.9. The first kappa shape index (κ1) is 14.2. The topological polar surface area (TPSA) is 75.3 Å². The van der Waals surface area contributed by atoms with E-state index in [0.29, 0.717) is 6.54 Å². The number of carboxylic acid groups (broad SMARTS) is 1. The molecule has 1 aromatic rings. The Kier molecular flexibility index (Phi) is 5.11. The van der Waals surface area contributed by atoms with Gasteiger partial charge in [0.1, 0.15) is 0 Å². The summed E-state index contributed by atoms with van der Waals surface area (Å²) in [6.45, 7) is 5.64. The molecule has 0 aliphatic carbocycles. The second-order valence-corrected chi connectivity index (χ2v) is 5.80. The van der Waals surface area contributed by atoms with Crippen LogP contribution in [-0.4, -0.2) is 30.2 Å². The van der Waals surface area contributed by atoms with Crippen molar-refractivity contribution >= 4 is 17.3 Å². The molecule has 1 unspecified atom stereocenters. The van der Waals surface area contributed by atoms with Crippen molar-refractivity contribution in [1.29, 1.82) is 0 Å². The lowest BCUT2D eigenvalue weighted by atomic mass is 9.91. The number of nitrogens with one attached hydrogen (secondary N) is 1. The molecule has 0 radical (unpaired) electrons. The molecule has 0 aliphatic rings. The molecule has 0 saturated carbocycles. The third-order valence-corrected chi connectivity index (χ3v) is 3.83. The first-order chi connectivity index (χ1) is 7.92. The van der Waals surface area contributed by atoms with Gasteiger partial charge >= 0.3 is 5.97 Å². The zero-order valence-electron chi connectivity index (χ0n) is 10.3. The summed E-state index contributed by atoms with van der Waals surface area (Å²) in [5.41, 5.74) is 5.73. The van der Waals surface area contributed by atoms with Crippen molar-refractivity contribution in [2.75, 3.05) is 13.1 Å². The average Bonchev–Trinajstić information content (AvgIpc) is 2.68. The van der Waals surface area contributed by atoms with E-state index in [1.807, 2.05) is 6.07 Å². The maximum Gasteiger partial charge on any atom is 0.304 e. The number of nitrogens with two attached hydrogens (primary N) is 1. The first-order valence-corrected chi connectivity index (χ1v) is 6.52. The van der Waals surface area contributed by atoms with Crippen LogP contribution < -0.4 is 11.1 Å². The van der Waals surface area contributed by atoms with Gasteiger partial charge in [-0.1, -0.05) is 19.9 Å². The van der Waals surface area contributed by atoms with E-state index in [-0.39, 0.29) is 17.9 Å². The SMILES string of the molecule is CC(C)(CNCC(N)CC(=O)O)c1cccs1. The van der Waals surface area contributed by atoms with Gasteiger partial charge in [-0.25, -0.2) is 0 Å². The molecular weight excluding hydrogens is 236 g/mol. The van der Waals surface area contributed by atoms with Crippen LogP contribution in [-0.2, 0) is 10.2 Å². The van der Waals surface area contributed by atoms with Crippen LogP contribution in [0.15, 0.2) is 17.5 Å². The quantitative estimate of drug-likeness (QED) is 0.689. The molecule has 1 aromatic heterocycles. The van der Waals surface area contributed by atoms with Crippen LogP contribution in [0.5, 0.6) is 0 Å². The van der Waals surface area contributed by atoms with Crippen molar-refractivity contribution in [3.05, 3.63) is 22.4 Å². The second kappa shape index (κ2) is 6.14. The Balaban J connectivity index is 2.33. The number of aliphatic carboxylic acids is 1. The Morgan fingerprint density at radius 3 is 2.88 bits per heavy atom. The smallest absolute Gasteiger partial charge is 0.304 e. The highest BCUT2D eigenvalue weighted by molar-refractivity contribution is 7.10. The standard InChI is InChI=1S/C12H20N2O2S/c1-12(2,10-4-3-5-17-10)8-14-7-9(13)6-11(15)16/h3-5,9,14H,6-8,13H2,1-2H3,(H,15,16). The molecule has 96 valence electrons. The van der Waals surface area contributed by atoms with E-state index in [2.05, 4.69) is 30.6 Å². The van der Waals surface area contributed by atoms with Crippen molar-refractivity contribution in [3.8, 4) is 0 Å². The molecule has 0 amide bonds. The molecule has 0 saturated heterocycles. The number of thiophene rings is 1. The van der Waals surface area contributed by atoms with Crippen molar-refractivity contribution in [2.24, 2.45) is 5.73 Å².